The number of nitrogens with one attached hydrogen (secondary N) is 5. The maximum atomic E-state index is 14.6. The van der Waals surface area contributed by atoms with E-state index in [0.29, 0.717) is 42.9 Å². The molecule has 4 rings (SSSR count). The molecule has 5 atom stereocenters. The fraction of sp³-hybridized carbons (Fsp3) is 0.511. The molecule has 60 heavy (non-hydrogen) atoms. The lowest BCUT2D eigenvalue weighted by Crippen LogP contribution is -2.62. The number of benzene rings is 3. The minimum atomic E-state index is -1.32. The van der Waals surface area contributed by atoms with Crippen molar-refractivity contribution < 1.29 is 33.5 Å². The van der Waals surface area contributed by atoms with Crippen molar-refractivity contribution >= 4 is 57.7 Å². The molecule has 0 unspecified atom stereocenters. The zero-order chi connectivity index (χ0) is 44.3. The van der Waals surface area contributed by atoms with Crippen molar-refractivity contribution in [3.8, 4) is 5.75 Å². The predicted octanol–water partition coefficient (Wildman–Crippen LogP) is 2.72. The first kappa shape index (κ1) is 47.8. The van der Waals surface area contributed by atoms with E-state index in [1.54, 1.807) is 38.3 Å². The number of amides is 4. The van der Waals surface area contributed by atoms with Gasteiger partial charge < -0.3 is 37.5 Å². The number of methoxy groups -OCH3 is 1. The van der Waals surface area contributed by atoms with Gasteiger partial charge >= 0.3 is 0 Å². The van der Waals surface area contributed by atoms with Crippen LogP contribution >= 0.6 is 11.8 Å². The second kappa shape index (κ2) is 21.1. The molecule has 1 saturated heterocycles. The Morgan fingerprint density at radius 1 is 0.883 bits per heavy atom. The number of nitrogens with two attached hydrogens (primary N) is 2. The summed E-state index contributed by atoms with van der Waals surface area (Å²) in [7, 11) is 1.55. The summed E-state index contributed by atoms with van der Waals surface area (Å²) in [5.74, 6) is -1.66. The van der Waals surface area contributed by atoms with Crippen LogP contribution in [0.25, 0.3) is 10.8 Å². The van der Waals surface area contributed by atoms with Crippen LogP contribution in [0.15, 0.2) is 66.7 Å². The lowest BCUT2D eigenvalue weighted by atomic mass is 9.83. The molecule has 3 aromatic rings. The third-order valence-electron chi connectivity index (χ3n) is 11.2. The molecule has 4 amide bonds. The van der Waals surface area contributed by atoms with Crippen molar-refractivity contribution in [3.05, 3.63) is 77.9 Å². The third kappa shape index (κ3) is 12.8. The first-order valence-corrected chi connectivity index (χ1v) is 21.4. The van der Waals surface area contributed by atoms with Crippen LogP contribution in [0.3, 0.4) is 0 Å². The van der Waals surface area contributed by atoms with E-state index in [1.165, 1.54) is 18.7 Å². The van der Waals surface area contributed by atoms with Gasteiger partial charge in [0.05, 0.1) is 31.8 Å². The van der Waals surface area contributed by atoms with E-state index >= 15 is 0 Å². The number of ether oxygens (including phenoxy) is 1. The van der Waals surface area contributed by atoms with Gasteiger partial charge in [0.15, 0.2) is 11.6 Å². The molecule has 0 aliphatic carbocycles. The number of rotatable bonds is 18. The van der Waals surface area contributed by atoms with Crippen LogP contribution in [0.1, 0.15) is 71.9 Å². The number of fused-ring (bicyclic) bond motifs is 1. The number of hydrogen-bond donors (Lipinski definition) is 7. The van der Waals surface area contributed by atoms with Crippen molar-refractivity contribution in [2.24, 2.45) is 16.9 Å². The molecule has 1 aliphatic rings. The molecule has 1 aliphatic heterocycles. The third-order valence-corrected chi connectivity index (χ3v) is 13.0. The van der Waals surface area contributed by atoms with Crippen LogP contribution in [-0.4, -0.2) is 102 Å². The van der Waals surface area contributed by atoms with Gasteiger partial charge in [-0.15, -0.1) is 0 Å². The van der Waals surface area contributed by atoms with Crippen molar-refractivity contribution in [1.29, 1.82) is 0 Å². The van der Waals surface area contributed by atoms with Gasteiger partial charge in [0.1, 0.15) is 23.9 Å². The molecule has 15 heteroatoms. The predicted molar refractivity (Wildman–Crippen MR) is 236 cm³/mol. The maximum Gasteiger partial charge on any atom is 0.243 e. The number of carbonyl (C=O) groups is 6. The molecular weight excluding hydrogens is 783 g/mol. The molecular formula is C45H63N7O7S. The summed E-state index contributed by atoms with van der Waals surface area (Å²) in [6, 6.07) is 16.6. The van der Waals surface area contributed by atoms with Crippen LogP contribution in [0.5, 0.6) is 5.75 Å². The Balaban J connectivity index is 1.70. The van der Waals surface area contributed by atoms with Crippen LogP contribution in [0.4, 0.5) is 0 Å². The first-order valence-electron chi connectivity index (χ1n) is 20.5. The van der Waals surface area contributed by atoms with Crippen LogP contribution < -0.4 is 42.8 Å². The Morgan fingerprint density at radius 2 is 1.52 bits per heavy atom. The Hall–Kier alpha value is -4.83. The maximum absolute atomic E-state index is 14.6. The van der Waals surface area contributed by atoms with Gasteiger partial charge in [-0.2, -0.15) is 11.8 Å². The van der Waals surface area contributed by atoms with E-state index in [2.05, 4.69) is 26.6 Å². The lowest BCUT2D eigenvalue weighted by Gasteiger charge is -2.36. The highest BCUT2D eigenvalue weighted by Crippen LogP contribution is 2.37. The van der Waals surface area contributed by atoms with Gasteiger partial charge in [-0.05, 0) is 80.6 Å². The number of unbranched alkanes of at least 4 members (excludes halogenated alkanes) is 1. The van der Waals surface area contributed by atoms with E-state index in [0.717, 1.165) is 16.3 Å². The quantitative estimate of drug-likeness (QED) is 0.0923. The molecule has 0 radical (unpaired) electrons. The summed E-state index contributed by atoms with van der Waals surface area (Å²) in [5, 5.41) is 16.7. The summed E-state index contributed by atoms with van der Waals surface area (Å²) in [6.07, 6.45) is 1.62. The van der Waals surface area contributed by atoms with E-state index < -0.39 is 57.6 Å². The van der Waals surface area contributed by atoms with Gasteiger partial charge in [-0.1, -0.05) is 68.4 Å². The summed E-state index contributed by atoms with van der Waals surface area (Å²) in [6.45, 7) is 10.5. The molecule has 326 valence electrons. The molecule has 9 N–H and O–H groups in total. The minimum Gasteiger partial charge on any atom is -0.497 e. The van der Waals surface area contributed by atoms with Crippen molar-refractivity contribution in [2.45, 2.75) is 108 Å². The van der Waals surface area contributed by atoms with E-state index in [4.69, 9.17) is 16.2 Å². The normalized spacial score (nSPS) is 19.6. The lowest BCUT2D eigenvalue weighted by molar-refractivity contribution is -0.135. The number of carbonyl (C=O) groups excluding carboxylic acids is 6. The molecule has 0 saturated carbocycles. The van der Waals surface area contributed by atoms with Crippen molar-refractivity contribution in [2.75, 3.05) is 32.5 Å². The Labute approximate surface area is 357 Å². The molecule has 14 nitrogen and oxygen atoms in total. The highest BCUT2D eigenvalue weighted by atomic mass is 32.2. The Morgan fingerprint density at radius 3 is 2.15 bits per heavy atom. The smallest absolute Gasteiger partial charge is 0.243 e. The van der Waals surface area contributed by atoms with Gasteiger partial charge in [0.25, 0.3) is 0 Å². The number of thioether (sulfide) groups is 1. The summed E-state index contributed by atoms with van der Waals surface area (Å²) >= 11 is 1.48. The second-order valence-electron chi connectivity index (χ2n) is 17.0. The fourth-order valence-electron chi connectivity index (χ4n) is 7.44. The monoisotopic (exact) mass is 845 g/mol. The average molecular weight is 846 g/mol. The van der Waals surface area contributed by atoms with Gasteiger partial charge in [-0.25, -0.2) is 0 Å². The Kier molecular flexibility index (Phi) is 16.8. The van der Waals surface area contributed by atoms with Gasteiger partial charge in [0, 0.05) is 35.7 Å². The summed E-state index contributed by atoms with van der Waals surface area (Å²) in [5.41, 5.74) is 11.1. The highest BCUT2D eigenvalue weighted by molar-refractivity contribution is 8.00. The molecule has 0 spiro atoms. The topological polar surface area (TPSA) is 224 Å². The SMILES string of the molecule is COc1ccc(C[C@H](NC(=O)[C@H]2NCC(=O)[C@@H](NC(C)=O)C(C)(C)CSC2(C)C)C(=O)N[C@@H](Cc2ccc3ccccc3c2)C(=O)N[C@@](C)(CCCCN)C(=O)CN)cc1. The number of Topliss-reactive ketones (excluding diaryl/α,β-unsaturated/α-hetero) is 2. The summed E-state index contributed by atoms with van der Waals surface area (Å²) < 4.78 is 4.56. The minimum absolute atomic E-state index is 0.0468. The second-order valence-corrected chi connectivity index (χ2v) is 18.7. The van der Waals surface area contributed by atoms with Gasteiger partial charge in [-0.3, -0.25) is 34.1 Å². The zero-order valence-corrected chi connectivity index (χ0v) is 36.8. The molecule has 0 aromatic heterocycles. The Bertz CT molecular complexity index is 2010. The molecule has 1 heterocycles. The van der Waals surface area contributed by atoms with Crippen molar-refractivity contribution in [1.82, 2.24) is 26.6 Å². The largest absolute Gasteiger partial charge is 0.497 e. The fourth-order valence-corrected chi connectivity index (χ4v) is 8.70. The standard InChI is InChI=1S/C45H63N7O7S/c1-28(53)49-38-36(54)26-48-39(44(4,5)60-27-43(38,2)3)42(58)51-34(23-29-15-18-33(59-7)19-16-29)40(56)50-35(24-30-14-17-31-12-8-9-13-32(31)22-30)41(57)52-45(6,37(55)25-47)20-10-11-21-46/h8-9,12-19,22,34-35,38-39,48H,10-11,20-21,23-27,46-47H2,1-7H3,(H,49,53)(H,50,56)(H,51,58)(H,52,57)/t34-,35-,38+,39+,45-/m0/s1. The van der Waals surface area contributed by atoms with Crippen LogP contribution in [0, 0.1) is 5.41 Å². The van der Waals surface area contributed by atoms with E-state index in [1.807, 2.05) is 70.2 Å². The highest BCUT2D eigenvalue weighted by Gasteiger charge is 2.44. The van der Waals surface area contributed by atoms with Gasteiger partial charge in [0.2, 0.25) is 23.6 Å². The van der Waals surface area contributed by atoms with Crippen LogP contribution in [-0.2, 0) is 41.6 Å². The summed E-state index contributed by atoms with van der Waals surface area (Å²) in [4.78, 5) is 82.4. The molecule has 0 bridgehead atoms. The van der Waals surface area contributed by atoms with Crippen LogP contribution in [0.2, 0.25) is 0 Å². The molecule has 1 fully saturated rings. The zero-order valence-electron chi connectivity index (χ0n) is 35.9. The first-order chi connectivity index (χ1) is 28.3. The van der Waals surface area contributed by atoms with E-state index in [9.17, 15) is 28.8 Å². The number of hydrogen-bond acceptors (Lipinski definition) is 11. The van der Waals surface area contributed by atoms with Crippen molar-refractivity contribution in [3.63, 3.8) is 0 Å². The number of ketones is 2. The van der Waals surface area contributed by atoms with E-state index in [-0.39, 0.29) is 43.4 Å². The molecule has 3 aromatic carbocycles. The average Bonchev–Trinajstić information content (AvgIpc) is 3.23.